The molecule has 0 aromatic heterocycles. The molecule has 2 aliphatic heterocycles. The molecule has 2 saturated heterocycles. The minimum Gasteiger partial charge on any atom is -0.371 e. The molecule has 1 aromatic rings. The predicted molar refractivity (Wildman–Crippen MR) is 73.0 cm³/mol. The number of rotatable bonds is 5. The molecule has 4 nitrogen and oxygen atoms in total. The minimum absolute atomic E-state index is 0.114. The van der Waals surface area contributed by atoms with Crippen LogP contribution in [0, 0.1) is 5.92 Å². The lowest BCUT2D eigenvalue weighted by molar-refractivity contribution is -0.232. The summed E-state index contributed by atoms with van der Waals surface area (Å²) in [5.41, 5.74) is 1.12. The van der Waals surface area contributed by atoms with Crippen LogP contribution in [0.3, 0.4) is 0 Å². The summed E-state index contributed by atoms with van der Waals surface area (Å²) >= 11 is 0. The Morgan fingerprint density at radius 2 is 2.15 bits per heavy atom. The Labute approximate surface area is 119 Å². The van der Waals surface area contributed by atoms with E-state index < -0.39 is 11.9 Å². The maximum Gasteiger partial charge on any atom is 0.193 e. The van der Waals surface area contributed by atoms with Crippen molar-refractivity contribution in [2.45, 2.75) is 44.4 Å². The number of carbonyl (C=O) groups is 1. The fourth-order valence-corrected chi connectivity index (χ4v) is 3.12. The average Bonchev–Trinajstić information content (AvgIpc) is 2.71. The van der Waals surface area contributed by atoms with Crippen LogP contribution in [0.15, 0.2) is 30.3 Å². The van der Waals surface area contributed by atoms with Gasteiger partial charge in [-0.2, -0.15) is 0 Å². The molecule has 4 heteroatoms. The van der Waals surface area contributed by atoms with Gasteiger partial charge in [-0.15, -0.1) is 0 Å². The Balaban J connectivity index is 1.60. The Morgan fingerprint density at radius 1 is 1.35 bits per heavy atom. The molecule has 0 aliphatic carbocycles. The largest absolute Gasteiger partial charge is 0.371 e. The van der Waals surface area contributed by atoms with Crippen LogP contribution in [-0.2, 0) is 25.6 Å². The highest BCUT2D eigenvalue weighted by Gasteiger charge is 2.52. The number of carbonyl (C=O) groups excluding carboxylic acids is 1. The normalized spacial score (nSPS) is 36.0. The molecular formula is C16H20O4. The highest BCUT2D eigenvalue weighted by atomic mass is 16.8. The highest BCUT2D eigenvalue weighted by Crippen LogP contribution is 2.42. The Hall–Kier alpha value is -1.23. The van der Waals surface area contributed by atoms with Crippen LogP contribution in [0.4, 0.5) is 0 Å². The van der Waals surface area contributed by atoms with Crippen molar-refractivity contribution in [2.75, 3.05) is 6.61 Å². The van der Waals surface area contributed by atoms with Crippen LogP contribution >= 0.6 is 0 Å². The molecule has 0 saturated carbocycles. The van der Waals surface area contributed by atoms with Crippen LogP contribution < -0.4 is 0 Å². The molecule has 3 rings (SSSR count). The molecule has 2 bridgehead atoms. The number of hydrogen-bond donors (Lipinski definition) is 0. The van der Waals surface area contributed by atoms with Crippen molar-refractivity contribution < 1.29 is 19.0 Å². The molecule has 2 heterocycles. The summed E-state index contributed by atoms with van der Waals surface area (Å²) in [5, 5.41) is 0. The van der Waals surface area contributed by atoms with Gasteiger partial charge in [-0.1, -0.05) is 37.3 Å². The monoisotopic (exact) mass is 276 g/mol. The Morgan fingerprint density at radius 3 is 2.90 bits per heavy atom. The third kappa shape index (κ3) is 2.77. The first-order valence-corrected chi connectivity index (χ1v) is 7.13. The zero-order valence-electron chi connectivity index (χ0n) is 11.7. The standard InChI is InChI=1S/C16H20O4/c1-12-7-14-15(9-17)20-16(8-12,19-14)11-18-10-13-5-3-2-4-6-13/h2-6,9,12,14-15H,7-8,10-11H2,1H3/t12-,14+,15-,16-/m1/s1. The first-order chi connectivity index (χ1) is 9.71. The number of hydrogen-bond acceptors (Lipinski definition) is 4. The first-order valence-electron chi connectivity index (χ1n) is 7.13. The quantitative estimate of drug-likeness (QED) is 0.774. The molecule has 0 amide bonds. The van der Waals surface area contributed by atoms with E-state index in [4.69, 9.17) is 14.2 Å². The molecule has 2 fully saturated rings. The first kappa shape index (κ1) is 13.7. The van der Waals surface area contributed by atoms with E-state index in [0.29, 0.717) is 19.1 Å². The van der Waals surface area contributed by atoms with Gasteiger partial charge in [0, 0.05) is 6.42 Å². The van der Waals surface area contributed by atoms with Gasteiger partial charge in [0.15, 0.2) is 12.1 Å². The van der Waals surface area contributed by atoms with Gasteiger partial charge < -0.3 is 19.0 Å². The average molecular weight is 276 g/mol. The van der Waals surface area contributed by atoms with Crippen molar-refractivity contribution in [3.63, 3.8) is 0 Å². The second-order valence-electron chi connectivity index (χ2n) is 5.81. The van der Waals surface area contributed by atoms with Crippen molar-refractivity contribution in [1.82, 2.24) is 0 Å². The maximum absolute atomic E-state index is 11.0. The third-order valence-electron chi connectivity index (χ3n) is 3.95. The Bertz CT molecular complexity index is 461. The van der Waals surface area contributed by atoms with Crippen LogP contribution in [0.2, 0.25) is 0 Å². The lowest BCUT2D eigenvalue weighted by atomic mass is 9.92. The molecule has 0 unspecified atom stereocenters. The van der Waals surface area contributed by atoms with Gasteiger partial charge in [0.2, 0.25) is 0 Å². The van der Waals surface area contributed by atoms with E-state index in [0.717, 1.165) is 24.7 Å². The zero-order chi connectivity index (χ0) is 14.0. The van der Waals surface area contributed by atoms with Gasteiger partial charge in [-0.3, -0.25) is 0 Å². The van der Waals surface area contributed by atoms with Gasteiger partial charge >= 0.3 is 0 Å². The van der Waals surface area contributed by atoms with E-state index in [1.165, 1.54) is 0 Å². The highest BCUT2D eigenvalue weighted by molar-refractivity contribution is 5.58. The molecule has 1 aromatic carbocycles. The van der Waals surface area contributed by atoms with Crippen molar-refractivity contribution in [2.24, 2.45) is 5.92 Å². The molecule has 0 spiro atoms. The SMILES string of the molecule is C[C@@H]1C[C@@H]2O[C@](COCc3ccccc3)(C1)O[C@@H]2C=O. The van der Waals surface area contributed by atoms with E-state index in [2.05, 4.69) is 6.92 Å². The summed E-state index contributed by atoms with van der Waals surface area (Å²) in [6, 6.07) is 10.00. The van der Waals surface area contributed by atoms with E-state index in [9.17, 15) is 4.79 Å². The third-order valence-corrected chi connectivity index (χ3v) is 3.95. The summed E-state index contributed by atoms with van der Waals surface area (Å²) in [6.45, 7) is 3.06. The van der Waals surface area contributed by atoms with Gasteiger partial charge in [0.25, 0.3) is 0 Å². The summed E-state index contributed by atoms with van der Waals surface area (Å²) in [5.74, 6) is -0.248. The molecule has 2 aliphatic rings. The molecule has 0 N–H and O–H groups in total. The van der Waals surface area contributed by atoms with Crippen molar-refractivity contribution >= 4 is 6.29 Å². The number of benzene rings is 1. The van der Waals surface area contributed by atoms with E-state index in [-0.39, 0.29) is 6.10 Å². The number of fused-ring (bicyclic) bond motifs is 2. The molecular weight excluding hydrogens is 256 g/mol. The molecule has 4 atom stereocenters. The lowest BCUT2D eigenvalue weighted by Crippen LogP contribution is -2.41. The molecule has 0 radical (unpaired) electrons. The van der Waals surface area contributed by atoms with Crippen molar-refractivity contribution in [1.29, 1.82) is 0 Å². The zero-order valence-corrected chi connectivity index (χ0v) is 11.7. The second-order valence-corrected chi connectivity index (χ2v) is 5.81. The van der Waals surface area contributed by atoms with Crippen LogP contribution in [0.1, 0.15) is 25.3 Å². The number of ether oxygens (including phenoxy) is 3. The van der Waals surface area contributed by atoms with Crippen LogP contribution in [0.25, 0.3) is 0 Å². The van der Waals surface area contributed by atoms with Gasteiger partial charge in [-0.05, 0) is 17.9 Å². The van der Waals surface area contributed by atoms with Crippen LogP contribution in [0.5, 0.6) is 0 Å². The number of aldehydes is 1. The fourth-order valence-electron chi connectivity index (χ4n) is 3.12. The minimum atomic E-state index is -0.733. The summed E-state index contributed by atoms with van der Waals surface area (Å²) in [4.78, 5) is 11.0. The van der Waals surface area contributed by atoms with E-state index >= 15 is 0 Å². The van der Waals surface area contributed by atoms with Gasteiger partial charge in [-0.25, -0.2) is 0 Å². The fraction of sp³-hybridized carbons (Fsp3) is 0.562. The second kappa shape index (κ2) is 5.64. The van der Waals surface area contributed by atoms with Gasteiger partial charge in [0.1, 0.15) is 12.7 Å². The van der Waals surface area contributed by atoms with Crippen molar-refractivity contribution in [3.05, 3.63) is 35.9 Å². The smallest absolute Gasteiger partial charge is 0.193 e. The topological polar surface area (TPSA) is 44.8 Å². The van der Waals surface area contributed by atoms with E-state index in [1.807, 2.05) is 30.3 Å². The maximum atomic E-state index is 11.0. The predicted octanol–water partition coefficient (Wildman–Crippen LogP) is 2.31. The molecule has 108 valence electrons. The summed E-state index contributed by atoms with van der Waals surface area (Å²) in [7, 11) is 0. The van der Waals surface area contributed by atoms with Gasteiger partial charge in [0.05, 0.1) is 12.7 Å². The molecule has 20 heavy (non-hydrogen) atoms. The Kier molecular flexibility index (Phi) is 3.87. The summed E-state index contributed by atoms with van der Waals surface area (Å²) in [6.07, 6.45) is 1.95. The summed E-state index contributed by atoms with van der Waals surface area (Å²) < 4.78 is 17.5. The van der Waals surface area contributed by atoms with Crippen LogP contribution in [-0.4, -0.2) is 30.9 Å². The van der Waals surface area contributed by atoms with E-state index in [1.54, 1.807) is 0 Å². The lowest BCUT2D eigenvalue weighted by Gasteiger charge is -2.34. The van der Waals surface area contributed by atoms with Crippen molar-refractivity contribution in [3.8, 4) is 0 Å².